The molecule has 1 heteroatoms. The number of hydrogen-bond acceptors (Lipinski definition) is 1. The summed E-state index contributed by atoms with van der Waals surface area (Å²) >= 11 is 0. The number of fused-ring (bicyclic) bond motifs is 2. The fourth-order valence-electron chi connectivity index (χ4n) is 3.99. The molecule has 1 nitrogen and oxygen atoms in total. The standard InChI is InChI=1S/C19H21N/c20-19(12-17-4-1-2-5-18(17)13-19)11-14-8-9-15-6-3-7-16(15)10-14/h1-2,4-5,8-10H,3,6-7,11-13,20H2. The smallest absolute Gasteiger partial charge is 0.0276 e. The Bertz CT molecular complexity index is 632. The summed E-state index contributed by atoms with van der Waals surface area (Å²) in [6.45, 7) is 0. The molecule has 0 unspecified atom stereocenters. The SMILES string of the molecule is NC1(Cc2ccc3c(c2)CCC3)Cc2ccccc2C1. The summed E-state index contributed by atoms with van der Waals surface area (Å²) in [5, 5.41) is 0. The van der Waals surface area contributed by atoms with E-state index in [0.717, 1.165) is 19.3 Å². The van der Waals surface area contributed by atoms with Crippen LogP contribution in [0.3, 0.4) is 0 Å². The molecule has 2 aromatic rings. The fourth-order valence-corrected chi connectivity index (χ4v) is 3.99. The van der Waals surface area contributed by atoms with E-state index in [4.69, 9.17) is 5.73 Å². The van der Waals surface area contributed by atoms with Crippen molar-refractivity contribution < 1.29 is 0 Å². The fraction of sp³-hybridized carbons (Fsp3) is 0.368. The molecular weight excluding hydrogens is 242 g/mol. The van der Waals surface area contributed by atoms with Crippen molar-refractivity contribution in [3.05, 3.63) is 70.3 Å². The predicted octanol–water partition coefficient (Wildman–Crippen LogP) is 3.21. The molecule has 0 aliphatic heterocycles. The van der Waals surface area contributed by atoms with Crippen LogP contribution in [0.1, 0.15) is 34.2 Å². The summed E-state index contributed by atoms with van der Waals surface area (Å²) in [5.74, 6) is 0. The molecule has 102 valence electrons. The lowest BCUT2D eigenvalue weighted by Gasteiger charge is -2.24. The van der Waals surface area contributed by atoms with Crippen molar-refractivity contribution in [3.63, 3.8) is 0 Å². The summed E-state index contributed by atoms with van der Waals surface area (Å²) < 4.78 is 0. The lowest BCUT2D eigenvalue weighted by atomic mass is 9.88. The van der Waals surface area contributed by atoms with Gasteiger partial charge in [-0.2, -0.15) is 0 Å². The molecular formula is C19H21N. The van der Waals surface area contributed by atoms with Crippen molar-refractivity contribution in [1.29, 1.82) is 0 Å². The summed E-state index contributed by atoms with van der Waals surface area (Å²) in [4.78, 5) is 0. The maximum Gasteiger partial charge on any atom is 0.0276 e. The first-order chi connectivity index (χ1) is 9.72. The van der Waals surface area contributed by atoms with Crippen LogP contribution in [0.15, 0.2) is 42.5 Å². The number of benzene rings is 2. The molecule has 0 bridgehead atoms. The minimum absolute atomic E-state index is 0.0868. The second-order valence-corrected chi connectivity index (χ2v) is 6.62. The average Bonchev–Trinajstić information content (AvgIpc) is 3.00. The Morgan fingerprint density at radius 2 is 1.55 bits per heavy atom. The van der Waals surface area contributed by atoms with Crippen LogP contribution in [0.25, 0.3) is 0 Å². The van der Waals surface area contributed by atoms with Gasteiger partial charge in [-0.05, 0) is 66.3 Å². The zero-order valence-electron chi connectivity index (χ0n) is 11.9. The zero-order valence-corrected chi connectivity index (χ0v) is 11.9. The Labute approximate surface area is 120 Å². The normalized spacial score (nSPS) is 18.9. The van der Waals surface area contributed by atoms with Crippen LogP contribution < -0.4 is 5.73 Å². The van der Waals surface area contributed by atoms with E-state index in [1.54, 1.807) is 11.1 Å². The Morgan fingerprint density at radius 3 is 2.30 bits per heavy atom. The zero-order chi connectivity index (χ0) is 13.6. The van der Waals surface area contributed by atoms with Crippen molar-refractivity contribution >= 4 is 0 Å². The van der Waals surface area contributed by atoms with E-state index < -0.39 is 0 Å². The number of nitrogens with two attached hydrogens (primary N) is 1. The van der Waals surface area contributed by atoms with Crippen LogP contribution >= 0.6 is 0 Å². The van der Waals surface area contributed by atoms with E-state index in [2.05, 4.69) is 42.5 Å². The average molecular weight is 263 g/mol. The van der Waals surface area contributed by atoms with Gasteiger partial charge in [0.15, 0.2) is 0 Å². The molecule has 2 aliphatic rings. The molecule has 20 heavy (non-hydrogen) atoms. The van der Waals surface area contributed by atoms with Crippen LogP contribution in [-0.4, -0.2) is 5.54 Å². The predicted molar refractivity (Wildman–Crippen MR) is 82.9 cm³/mol. The molecule has 2 aromatic carbocycles. The van der Waals surface area contributed by atoms with Gasteiger partial charge in [-0.15, -0.1) is 0 Å². The third kappa shape index (κ3) is 2.06. The van der Waals surface area contributed by atoms with Crippen LogP contribution in [0, 0.1) is 0 Å². The van der Waals surface area contributed by atoms with Crippen molar-refractivity contribution in [3.8, 4) is 0 Å². The minimum Gasteiger partial charge on any atom is -0.324 e. The molecule has 2 aliphatic carbocycles. The van der Waals surface area contributed by atoms with Gasteiger partial charge in [-0.3, -0.25) is 0 Å². The Hall–Kier alpha value is -1.60. The first kappa shape index (κ1) is 12.2. The Morgan fingerprint density at radius 1 is 0.850 bits per heavy atom. The van der Waals surface area contributed by atoms with E-state index in [1.807, 2.05) is 0 Å². The van der Waals surface area contributed by atoms with Gasteiger partial charge in [0.05, 0.1) is 0 Å². The molecule has 0 atom stereocenters. The second kappa shape index (κ2) is 4.46. The summed E-state index contributed by atoms with van der Waals surface area (Å²) in [5.41, 5.74) is 14.0. The van der Waals surface area contributed by atoms with Crippen molar-refractivity contribution in [2.45, 2.75) is 44.1 Å². The lowest BCUT2D eigenvalue weighted by molar-refractivity contribution is 0.446. The first-order valence-corrected chi connectivity index (χ1v) is 7.68. The van der Waals surface area contributed by atoms with Crippen molar-refractivity contribution in [1.82, 2.24) is 0 Å². The van der Waals surface area contributed by atoms with Crippen LogP contribution in [0.2, 0.25) is 0 Å². The quantitative estimate of drug-likeness (QED) is 0.884. The largest absolute Gasteiger partial charge is 0.324 e. The van der Waals surface area contributed by atoms with Gasteiger partial charge in [0, 0.05) is 5.54 Å². The Balaban J connectivity index is 1.58. The van der Waals surface area contributed by atoms with Crippen molar-refractivity contribution in [2.24, 2.45) is 5.73 Å². The van der Waals surface area contributed by atoms with Gasteiger partial charge >= 0.3 is 0 Å². The highest BCUT2D eigenvalue weighted by Crippen LogP contribution is 2.32. The summed E-state index contributed by atoms with van der Waals surface area (Å²) in [7, 11) is 0. The van der Waals surface area contributed by atoms with E-state index in [-0.39, 0.29) is 5.54 Å². The molecule has 0 heterocycles. The van der Waals surface area contributed by atoms with E-state index in [9.17, 15) is 0 Å². The monoisotopic (exact) mass is 263 g/mol. The highest BCUT2D eigenvalue weighted by molar-refractivity contribution is 5.40. The molecule has 2 N–H and O–H groups in total. The maximum atomic E-state index is 6.69. The van der Waals surface area contributed by atoms with Crippen LogP contribution in [0.4, 0.5) is 0 Å². The lowest BCUT2D eigenvalue weighted by Crippen LogP contribution is -2.43. The maximum absolute atomic E-state index is 6.69. The van der Waals surface area contributed by atoms with Crippen LogP contribution in [0.5, 0.6) is 0 Å². The van der Waals surface area contributed by atoms with E-state index in [1.165, 1.54) is 36.0 Å². The highest BCUT2D eigenvalue weighted by atomic mass is 14.7. The molecule has 0 amide bonds. The van der Waals surface area contributed by atoms with Gasteiger partial charge in [0.1, 0.15) is 0 Å². The molecule has 4 rings (SSSR count). The molecule has 0 radical (unpaired) electrons. The van der Waals surface area contributed by atoms with Gasteiger partial charge in [0.2, 0.25) is 0 Å². The van der Waals surface area contributed by atoms with Gasteiger partial charge < -0.3 is 5.73 Å². The molecule has 0 fully saturated rings. The van der Waals surface area contributed by atoms with Gasteiger partial charge in [0.25, 0.3) is 0 Å². The Kier molecular flexibility index (Phi) is 2.71. The van der Waals surface area contributed by atoms with Crippen molar-refractivity contribution in [2.75, 3.05) is 0 Å². The van der Waals surface area contributed by atoms with E-state index >= 15 is 0 Å². The van der Waals surface area contributed by atoms with Gasteiger partial charge in [-0.25, -0.2) is 0 Å². The topological polar surface area (TPSA) is 26.0 Å². The third-order valence-corrected chi connectivity index (χ3v) is 4.92. The molecule has 0 saturated carbocycles. The van der Waals surface area contributed by atoms with Crippen LogP contribution in [-0.2, 0) is 32.1 Å². The minimum atomic E-state index is -0.0868. The number of rotatable bonds is 2. The van der Waals surface area contributed by atoms with E-state index in [0.29, 0.717) is 0 Å². The molecule has 0 aromatic heterocycles. The second-order valence-electron chi connectivity index (χ2n) is 6.62. The number of aryl methyl sites for hydroxylation is 2. The highest BCUT2D eigenvalue weighted by Gasteiger charge is 2.33. The summed E-state index contributed by atoms with van der Waals surface area (Å²) in [6.07, 6.45) is 6.85. The van der Waals surface area contributed by atoms with Gasteiger partial charge in [-0.1, -0.05) is 42.5 Å². The first-order valence-electron chi connectivity index (χ1n) is 7.68. The molecule has 0 spiro atoms. The summed E-state index contributed by atoms with van der Waals surface area (Å²) in [6, 6.07) is 15.7. The molecule has 0 saturated heterocycles. The third-order valence-electron chi connectivity index (χ3n) is 4.92. The number of hydrogen-bond donors (Lipinski definition) is 1.